The molecule has 0 spiro atoms. The minimum atomic E-state index is -0.485. The van der Waals surface area contributed by atoms with E-state index in [1.54, 1.807) is 19.2 Å². The molecular formula is C20H30N2O4. The van der Waals surface area contributed by atoms with Crippen molar-refractivity contribution in [1.82, 2.24) is 4.90 Å². The Labute approximate surface area is 155 Å². The molecule has 0 unspecified atom stereocenters. The van der Waals surface area contributed by atoms with E-state index in [4.69, 9.17) is 9.47 Å². The third-order valence-corrected chi connectivity index (χ3v) is 4.44. The number of para-hydroxylation sites is 2. The highest BCUT2D eigenvalue weighted by Gasteiger charge is 2.26. The number of hydrogen-bond donors (Lipinski definition) is 1. The maximum atomic E-state index is 12.3. The molecule has 144 valence electrons. The van der Waals surface area contributed by atoms with Crippen LogP contribution in [0.2, 0.25) is 0 Å². The highest BCUT2D eigenvalue weighted by Crippen LogP contribution is 2.25. The highest BCUT2D eigenvalue weighted by molar-refractivity contribution is 5.86. The predicted molar refractivity (Wildman–Crippen MR) is 101 cm³/mol. The average Bonchev–Trinajstić information content (AvgIpc) is 2.59. The number of carbonyl (C=O) groups is 2. The Hall–Kier alpha value is -2.24. The van der Waals surface area contributed by atoms with Crippen LogP contribution < -0.4 is 10.1 Å². The van der Waals surface area contributed by atoms with Crippen molar-refractivity contribution in [3.05, 3.63) is 24.3 Å². The molecule has 1 saturated heterocycles. The normalized spacial score (nSPS) is 15.5. The molecule has 0 aromatic heterocycles. The highest BCUT2D eigenvalue weighted by atomic mass is 16.5. The summed E-state index contributed by atoms with van der Waals surface area (Å²) >= 11 is 0. The van der Waals surface area contributed by atoms with Crippen LogP contribution in [0.5, 0.6) is 5.75 Å². The molecule has 0 radical (unpaired) electrons. The van der Waals surface area contributed by atoms with Crippen molar-refractivity contribution in [2.45, 2.75) is 40.0 Å². The molecule has 0 saturated carbocycles. The molecule has 1 aliphatic rings. The summed E-state index contributed by atoms with van der Waals surface area (Å²) in [6.45, 7) is 8.06. The first-order valence-corrected chi connectivity index (χ1v) is 9.13. The Kier molecular flexibility index (Phi) is 6.89. The van der Waals surface area contributed by atoms with Gasteiger partial charge in [0, 0.05) is 19.5 Å². The van der Waals surface area contributed by atoms with Crippen molar-refractivity contribution in [2.75, 3.05) is 32.1 Å². The summed E-state index contributed by atoms with van der Waals surface area (Å²) in [6, 6.07) is 7.20. The first-order chi connectivity index (χ1) is 12.3. The zero-order chi connectivity index (χ0) is 19.2. The molecular weight excluding hydrogens is 332 g/mol. The second-order valence-corrected chi connectivity index (χ2v) is 7.99. The molecule has 0 atom stereocenters. The third kappa shape index (κ3) is 6.24. The SMILES string of the molecule is COc1ccccc1NC(=O)OCC1CCN(C(=O)CC(C)(C)C)CC1. The summed E-state index contributed by atoms with van der Waals surface area (Å²) in [5, 5.41) is 2.70. The van der Waals surface area contributed by atoms with Crippen LogP contribution in [-0.4, -0.2) is 43.7 Å². The van der Waals surface area contributed by atoms with E-state index in [0.29, 0.717) is 24.5 Å². The van der Waals surface area contributed by atoms with Crippen LogP contribution in [-0.2, 0) is 9.53 Å². The summed E-state index contributed by atoms with van der Waals surface area (Å²) < 4.78 is 10.6. The molecule has 1 heterocycles. The van der Waals surface area contributed by atoms with E-state index < -0.39 is 6.09 Å². The maximum Gasteiger partial charge on any atom is 0.411 e. The summed E-state index contributed by atoms with van der Waals surface area (Å²) in [6.07, 6.45) is 1.80. The van der Waals surface area contributed by atoms with Crippen LogP contribution in [0, 0.1) is 11.3 Å². The summed E-state index contributed by atoms with van der Waals surface area (Å²) in [5.74, 6) is 1.10. The predicted octanol–water partition coefficient (Wildman–Crippen LogP) is 3.92. The largest absolute Gasteiger partial charge is 0.495 e. The summed E-state index contributed by atoms with van der Waals surface area (Å²) in [5.41, 5.74) is 0.593. The van der Waals surface area contributed by atoms with Gasteiger partial charge < -0.3 is 14.4 Å². The minimum Gasteiger partial charge on any atom is -0.495 e. The summed E-state index contributed by atoms with van der Waals surface area (Å²) in [7, 11) is 1.56. The van der Waals surface area contributed by atoms with Gasteiger partial charge in [0.1, 0.15) is 5.75 Å². The molecule has 1 aliphatic heterocycles. The van der Waals surface area contributed by atoms with Crippen molar-refractivity contribution in [2.24, 2.45) is 11.3 Å². The van der Waals surface area contributed by atoms with Gasteiger partial charge in [-0.25, -0.2) is 4.79 Å². The number of amides is 2. The maximum absolute atomic E-state index is 12.3. The van der Waals surface area contributed by atoms with E-state index in [2.05, 4.69) is 26.1 Å². The standard InChI is InChI=1S/C20H30N2O4/c1-20(2,3)13-18(23)22-11-9-15(10-12-22)14-26-19(24)21-16-7-5-6-8-17(16)25-4/h5-8,15H,9-14H2,1-4H3,(H,21,24). The molecule has 2 rings (SSSR count). The number of hydrogen-bond acceptors (Lipinski definition) is 4. The number of carbonyl (C=O) groups excluding carboxylic acids is 2. The lowest BCUT2D eigenvalue weighted by molar-refractivity contribution is -0.134. The van der Waals surface area contributed by atoms with Crippen LogP contribution in [0.1, 0.15) is 40.0 Å². The Morgan fingerprint density at radius 2 is 1.85 bits per heavy atom. The van der Waals surface area contributed by atoms with Crippen LogP contribution in [0.25, 0.3) is 0 Å². The fourth-order valence-corrected chi connectivity index (χ4v) is 3.00. The first kappa shape index (κ1) is 20.1. The average molecular weight is 362 g/mol. The van der Waals surface area contributed by atoms with Gasteiger partial charge in [-0.1, -0.05) is 32.9 Å². The van der Waals surface area contributed by atoms with E-state index in [1.165, 1.54) is 0 Å². The first-order valence-electron chi connectivity index (χ1n) is 9.13. The van der Waals surface area contributed by atoms with Gasteiger partial charge in [-0.05, 0) is 36.3 Å². The van der Waals surface area contributed by atoms with E-state index >= 15 is 0 Å². The van der Waals surface area contributed by atoms with Gasteiger partial charge in [0.2, 0.25) is 5.91 Å². The number of likely N-dealkylation sites (tertiary alicyclic amines) is 1. The lowest BCUT2D eigenvalue weighted by Crippen LogP contribution is -2.41. The van der Waals surface area contributed by atoms with Gasteiger partial charge in [-0.2, -0.15) is 0 Å². The van der Waals surface area contributed by atoms with Crippen LogP contribution in [0.15, 0.2) is 24.3 Å². The second kappa shape index (κ2) is 8.92. The molecule has 2 amide bonds. The topological polar surface area (TPSA) is 67.9 Å². The number of ether oxygens (including phenoxy) is 2. The fourth-order valence-electron chi connectivity index (χ4n) is 3.00. The molecule has 1 N–H and O–H groups in total. The molecule has 6 heteroatoms. The van der Waals surface area contributed by atoms with Gasteiger partial charge in [0.25, 0.3) is 0 Å². The molecule has 26 heavy (non-hydrogen) atoms. The number of methoxy groups -OCH3 is 1. The number of rotatable bonds is 5. The lowest BCUT2D eigenvalue weighted by Gasteiger charge is -2.33. The van der Waals surface area contributed by atoms with E-state index in [-0.39, 0.29) is 17.2 Å². The quantitative estimate of drug-likeness (QED) is 0.862. The molecule has 1 fully saturated rings. The zero-order valence-electron chi connectivity index (χ0n) is 16.2. The lowest BCUT2D eigenvalue weighted by atomic mass is 9.90. The Bertz CT molecular complexity index is 616. The minimum absolute atomic E-state index is 0.00757. The van der Waals surface area contributed by atoms with E-state index in [9.17, 15) is 9.59 Å². The molecule has 1 aromatic rings. The van der Waals surface area contributed by atoms with Crippen LogP contribution in [0.3, 0.4) is 0 Å². The van der Waals surface area contributed by atoms with Gasteiger partial charge in [0.05, 0.1) is 19.4 Å². The van der Waals surface area contributed by atoms with E-state index in [0.717, 1.165) is 25.9 Å². The Morgan fingerprint density at radius 3 is 2.46 bits per heavy atom. The molecule has 0 aliphatic carbocycles. The fraction of sp³-hybridized carbons (Fsp3) is 0.600. The van der Waals surface area contributed by atoms with Crippen molar-refractivity contribution in [3.63, 3.8) is 0 Å². The number of nitrogens with zero attached hydrogens (tertiary/aromatic N) is 1. The monoisotopic (exact) mass is 362 g/mol. The smallest absolute Gasteiger partial charge is 0.411 e. The Balaban J connectivity index is 1.73. The van der Waals surface area contributed by atoms with Crippen molar-refractivity contribution in [1.29, 1.82) is 0 Å². The molecule has 0 bridgehead atoms. The van der Waals surface area contributed by atoms with Crippen molar-refractivity contribution in [3.8, 4) is 5.75 Å². The third-order valence-electron chi connectivity index (χ3n) is 4.44. The van der Waals surface area contributed by atoms with Gasteiger partial charge >= 0.3 is 6.09 Å². The molecule has 1 aromatic carbocycles. The van der Waals surface area contributed by atoms with Crippen LogP contribution in [0.4, 0.5) is 10.5 Å². The van der Waals surface area contributed by atoms with Gasteiger partial charge in [0.15, 0.2) is 0 Å². The number of piperidine rings is 1. The van der Waals surface area contributed by atoms with E-state index in [1.807, 2.05) is 17.0 Å². The number of benzene rings is 1. The van der Waals surface area contributed by atoms with Crippen LogP contribution >= 0.6 is 0 Å². The van der Waals surface area contributed by atoms with Gasteiger partial charge in [-0.15, -0.1) is 0 Å². The Morgan fingerprint density at radius 1 is 1.19 bits per heavy atom. The number of anilines is 1. The van der Waals surface area contributed by atoms with Gasteiger partial charge in [-0.3, -0.25) is 10.1 Å². The zero-order valence-corrected chi connectivity index (χ0v) is 16.2. The number of nitrogens with one attached hydrogen (secondary N) is 1. The summed E-state index contributed by atoms with van der Waals surface area (Å²) in [4.78, 5) is 26.2. The van der Waals surface area contributed by atoms with Crippen molar-refractivity contribution >= 4 is 17.7 Å². The van der Waals surface area contributed by atoms with Crippen molar-refractivity contribution < 1.29 is 19.1 Å². The second-order valence-electron chi connectivity index (χ2n) is 7.99. The molecule has 6 nitrogen and oxygen atoms in total.